The Morgan fingerprint density at radius 3 is 2.56 bits per heavy atom. The Labute approximate surface area is 96.9 Å². The Hall–Kier alpha value is -1.54. The van der Waals surface area contributed by atoms with E-state index in [2.05, 4.69) is 65.6 Å². The molecule has 84 valence electrons. The van der Waals surface area contributed by atoms with E-state index in [0.717, 1.165) is 19.5 Å². The van der Waals surface area contributed by atoms with Gasteiger partial charge < -0.3 is 9.88 Å². The number of benzene rings is 1. The molecule has 1 aromatic heterocycles. The van der Waals surface area contributed by atoms with Gasteiger partial charge in [0.25, 0.3) is 0 Å². The fourth-order valence-electron chi connectivity index (χ4n) is 1.87. The number of aryl methyl sites for hydroxylation is 1. The number of quaternary nitrogens is 1. The normalized spacial score (nSPS) is 10.6. The first kappa shape index (κ1) is 11.0. The van der Waals surface area contributed by atoms with Crippen LogP contribution in [0.2, 0.25) is 0 Å². The third-order valence-corrected chi connectivity index (χ3v) is 2.88. The van der Waals surface area contributed by atoms with Crippen molar-refractivity contribution in [3.8, 4) is 0 Å². The van der Waals surface area contributed by atoms with E-state index in [9.17, 15) is 0 Å². The van der Waals surface area contributed by atoms with Crippen molar-refractivity contribution in [3.63, 3.8) is 0 Å². The lowest BCUT2D eigenvalue weighted by Crippen LogP contribution is -2.83. The molecule has 2 N–H and O–H groups in total. The Kier molecular flexibility index (Phi) is 3.78. The summed E-state index contributed by atoms with van der Waals surface area (Å²) in [6, 6.07) is 14.9. The standard InChI is InChI=1S/C14H18N2/c1-16-11-5-8-14(16)12-15-10-9-13-6-3-2-4-7-13/h2-8,11,15H,9-10,12H2,1H3/p+1. The van der Waals surface area contributed by atoms with E-state index in [1.165, 1.54) is 11.3 Å². The Morgan fingerprint density at radius 1 is 1.06 bits per heavy atom. The molecule has 0 spiro atoms. The van der Waals surface area contributed by atoms with E-state index in [1.54, 1.807) is 0 Å². The van der Waals surface area contributed by atoms with E-state index >= 15 is 0 Å². The number of aromatic nitrogens is 1. The maximum Gasteiger partial charge on any atom is 0.116 e. The number of hydrogen-bond acceptors (Lipinski definition) is 0. The first-order valence-corrected chi connectivity index (χ1v) is 5.82. The summed E-state index contributed by atoms with van der Waals surface area (Å²) in [6.45, 7) is 2.21. The zero-order valence-corrected chi connectivity index (χ0v) is 9.76. The topological polar surface area (TPSA) is 21.5 Å². The van der Waals surface area contributed by atoms with Gasteiger partial charge in [0.15, 0.2) is 0 Å². The summed E-state index contributed by atoms with van der Waals surface area (Å²) in [5, 5.41) is 2.36. The molecule has 16 heavy (non-hydrogen) atoms. The van der Waals surface area contributed by atoms with Crippen molar-refractivity contribution in [1.29, 1.82) is 0 Å². The van der Waals surface area contributed by atoms with E-state index < -0.39 is 0 Å². The number of nitrogens with zero attached hydrogens (tertiary/aromatic N) is 1. The molecule has 0 amide bonds. The largest absolute Gasteiger partial charge is 0.350 e. The smallest absolute Gasteiger partial charge is 0.116 e. The number of nitrogens with two attached hydrogens (primary N) is 1. The Balaban J connectivity index is 1.72. The molecule has 1 aromatic carbocycles. The fourth-order valence-corrected chi connectivity index (χ4v) is 1.87. The van der Waals surface area contributed by atoms with E-state index in [-0.39, 0.29) is 0 Å². The molecule has 0 bridgehead atoms. The predicted molar refractivity (Wildman–Crippen MR) is 66.1 cm³/mol. The van der Waals surface area contributed by atoms with Crippen LogP contribution in [0, 0.1) is 0 Å². The Bertz CT molecular complexity index is 417. The molecule has 0 aliphatic heterocycles. The molecule has 0 aliphatic rings. The van der Waals surface area contributed by atoms with Crippen LogP contribution in [0.15, 0.2) is 48.7 Å². The lowest BCUT2D eigenvalue weighted by Gasteiger charge is -2.03. The molecule has 0 fully saturated rings. The van der Waals surface area contributed by atoms with E-state index in [0.29, 0.717) is 0 Å². The highest BCUT2D eigenvalue weighted by Crippen LogP contribution is 1.98. The van der Waals surface area contributed by atoms with Crippen LogP contribution < -0.4 is 5.32 Å². The van der Waals surface area contributed by atoms with Gasteiger partial charge in [0.2, 0.25) is 0 Å². The van der Waals surface area contributed by atoms with Crippen molar-refractivity contribution in [3.05, 3.63) is 59.9 Å². The van der Waals surface area contributed by atoms with Crippen LogP contribution in [0.25, 0.3) is 0 Å². The van der Waals surface area contributed by atoms with Crippen molar-refractivity contribution < 1.29 is 5.32 Å². The monoisotopic (exact) mass is 215 g/mol. The average Bonchev–Trinajstić information content (AvgIpc) is 2.72. The number of hydrogen-bond donors (Lipinski definition) is 1. The van der Waals surface area contributed by atoms with Gasteiger partial charge in [-0.2, -0.15) is 0 Å². The summed E-state index contributed by atoms with van der Waals surface area (Å²) in [5.74, 6) is 0. The van der Waals surface area contributed by atoms with Crippen LogP contribution in [0.3, 0.4) is 0 Å². The molecule has 1 heterocycles. The third kappa shape index (κ3) is 2.97. The second-order valence-electron chi connectivity index (χ2n) is 4.13. The van der Waals surface area contributed by atoms with Crippen LogP contribution in [0.1, 0.15) is 11.3 Å². The zero-order valence-electron chi connectivity index (χ0n) is 9.76. The maximum atomic E-state index is 2.36. The highest BCUT2D eigenvalue weighted by atomic mass is 15.0. The summed E-state index contributed by atoms with van der Waals surface area (Å²) >= 11 is 0. The maximum absolute atomic E-state index is 2.36. The summed E-state index contributed by atoms with van der Waals surface area (Å²) in [5.41, 5.74) is 2.80. The van der Waals surface area contributed by atoms with Crippen molar-refractivity contribution in [2.75, 3.05) is 6.54 Å². The second-order valence-corrected chi connectivity index (χ2v) is 4.13. The lowest BCUT2D eigenvalue weighted by atomic mass is 10.1. The highest BCUT2D eigenvalue weighted by molar-refractivity contribution is 5.14. The highest BCUT2D eigenvalue weighted by Gasteiger charge is 1.99. The minimum Gasteiger partial charge on any atom is -0.350 e. The van der Waals surface area contributed by atoms with Crippen LogP contribution >= 0.6 is 0 Å². The first-order chi connectivity index (χ1) is 7.86. The van der Waals surface area contributed by atoms with Crippen LogP contribution in [-0.4, -0.2) is 11.1 Å². The van der Waals surface area contributed by atoms with E-state index in [1.807, 2.05) is 0 Å². The number of rotatable bonds is 5. The van der Waals surface area contributed by atoms with Gasteiger partial charge in [0.1, 0.15) is 6.54 Å². The fraction of sp³-hybridized carbons (Fsp3) is 0.286. The van der Waals surface area contributed by atoms with Crippen LogP contribution in [0.5, 0.6) is 0 Å². The van der Waals surface area contributed by atoms with Gasteiger partial charge in [-0.15, -0.1) is 0 Å². The van der Waals surface area contributed by atoms with E-state index in [4.69, 9.17) is 0 Å². The van der Waals surface area contributed by atoms with Gasteiger partial charge in [-0.25, -0.2) is 0 Å². The first-order valence-electron chi connectivity index (χ1n) is 5.82. The van der Waals surface area contributed by atoms with Crippen molar-refractivity contribution >= 4 is 0 Å². The molecule has 0 atom stereocenters. The minimum absolute atomic E-state index is 1.07. The molecule has 0 saturated heterocycles. The average molecular weight is 215 g/mol. The van der Waals surface area contributed by atoms with Crippen molar-refractivity contribution in [2.24, 2.45) is 7.05 Å². The van der Waals surface area contributed by atoms with Gasteiger partial charge in [-0.1, -0.05) is 30.3 Å². The minimum atomic E-state index is 1.07. The molecular weight excluding hydrogens is 196 g/mol. The lowest BCUT2D eigenvalue weighted by molar-refractivity contribution is -0.670. The predicted octanol–water partition coefficient (Wildman–Crippen LogP) is 1.33. The van der Waals surface area contributed by atoms with Crippen LogP contribution in [-0.2, 0) is 20.0 Å². The molecule has 0 aliphatic carbocycles. The van der Waals surface area contributed by atoms with Gasteiger partial charge in [-0.3, -0.25) is 0 Å². The van der Waals surface area contributed by atoms with Gasteiger partial charge in [0.05, 0.1) is 12.2 Å². The molecular formula is C14H19N2+. The SMILES string of the molecule is Cn1cccc1C[NH2+]CCc1ccccc1. The molecule has 2 nitrogen and oxygen atoms in total. The van der Waals surface area contributed by atoms with Gasteiger partial charge in [-0.05, 0) is 17.7 Å². The summed E-state index contributed by atoms with van der Waals surface area (Å²) in [6.07, 6.45) is 3.24. The van der Waals surface area contributed by atoms with Crippen LogP contribution in [0.4, 0.5) is 0 Å². The Morgan fingerprint density at radius 2 is 1.88 bits per heavy atom. The molecule has 0 saturated carbocycles. The molecule has 0 radical (unpaired) electrons. The second kappa shape index (κ2) is 5.52. The van der Waals surface area contributed by atoms with Gasteiger partial charge in [0, 0.05) is 19.7 Å². The summed E-state index contributed by atoms with van der Waals surface area (Å²) in [7, 11) is 2.10. The quantitative estimate of drug-likeness (QED) is 0.727. The third-order valence-electron chi connectivity index (χ3n) is 2.88. The molecule has 2 rings (SSSR count). The summed E-state index contributed by atoms with van der Waals surface area (Å²) < 4.78 is 2.18. The summed E-state index contributed by atoms with van der Waals surface area (Å²) in [4.78, 5) is 0. The molecule has 2 heteroatoms. The molecule has 2 aromatic rings. The van der Waals surface area contributed by atoms with Crippen molar-refractivity contribution in [2.45, 2.75) is 13.0 Å². The van der Waals surface area contributed by atoms with Gasteiger partial charge >= 0.3 is 0 Å². The zero-order chi connectivity index (χ0) is 11.2. The van der Waals surface area contributed by atoms with Crippen molar-refractivity contribution in [1.82, 2.24) is 4.57 Å². The molecule has 0 unspecified atom stereocenters.